The summed E-state index contributed by atoms with van der Waals surface area (Å²) in [6.07, 6.45) is 2.71. The van der Waals surface area contributed by atoms with Crippen LogP contribution in [-0.4, -0.2) is 43.0 Å². The zero-order valence-electron chi connectivity index (χ0n) is 13.3. The number of rotatable bonds is 7. The van der Waals surface area contributed by atoms with E-state index >= 15 is 0 Å². The Morgan fingerprint density at radius 1 is 1.17 bits per heavy atom. The Morgan fingerprint density at radius 2 is 1.91 bits per heavy atom. The first kappa shape index (κ1) is 17.4. The minimum Gasteiger partial charge on any atom is -0.370 e. The summed E-state index contributed by atoms with van der Waals surface area (Å²) in [5.41, 5.74) is 1.29. The quantitative estimate of drug-likeness (QED) is 0.726. The van der Waals surface area contributed by atoms with Gasteiger partial charge in [-0.15, -0.1) is 0 Å². The van der Waals surface area contributed by atoms with E-state index in [9.17, 15) is 4.79 Å². The van der Waals surface area contributed by atoms with Gasteiger partial charge >= 0.3 is 0 Å². The number of aromatic nitrogens is 1. The summed E-state index contributed by atoms with van der Waals surface area (Å²) in [5.74, 6) is 0.663. The molecule has 2 rings (SSSR count). The summed E-state index contributed by atoms with van der Waals surface area (Å²) in [5, 5.41) is 6.10. The van der Waals surface area contributed by atoms with Crippen LogP contribution in [0.5, 0.6) is 0 Å². The van der Waals surface area contributed by atoms with E-state index in [1.165, 1.54) is 0 Å². The Hall–Kier alpha value is -1.92. The van der Waals surface area contributed by atoms with Crippen LogP contribution in [0.15, 0.2) is 47.1 Å². The van der Waals surface area contributed by atoms with Crippen molar-refractivity contribution in [3.8, 4) is 0 Å². The normalized spacial score (nSPS) is 10.6. The molecule has 1 heterocycles. The molecular formula is C17H21BrN4O. The number of benzene rings is 1. The maximum absolute atomic E-state index is 12.1. The van der Waals surface area contributed by atoms with Gasteiger partial charge < -0.3 is 15.5 Å². The molecule has 0 saturated carbocycles. The van der Waals surface area contributed by atoms with Crippen LogP contribution in [0.1, 0.15) is 16.8 Å². The molecule has 0 radical (unpaired) electrons. The molecule has 122 valence electrons. The molecule has 0 aliphatic heterocycles. The first-order chi connectivity index (χ1) is 11.0. The molecule has 5 nitrogen and oxygen atoms in total. The zero-order valence-corrected chi connectivity index (χ0v) is 14.9. The molecular weight excluding hydrogens is 356 g/mol. The van der Waals surface area contributed by atoms with Gasteiger partial charge in [0.2, 0.25) is 0 Å². The number of hydrogen-bond acceptors (Lipinski definition) is 4. The highest BCUT2D eigenvalue weighted by Crippen LogP contribution is 2.14. The van der Waals surface area contributed by atoms with Gasteiger partial charge in [-0.25, -0.2) is 4.98 Å². The molecule has 0 bridgehead atoms. The highest BCUT2D eigenvalue weighted by Gasteiger charge is 2.06. The second-order valence-corrected chi connectivity index (χ2v) is 6.39. The number of nitrogens with zero attached hydrogens (tertiary/aromatic N) is 2. The van der Waals surface area contributed by atoms with Gasteiger partial charge in [0.05, 0.1) is 11.9 Å². The summed E-state index contributed by atoms with van der Waals surface area (Å²) < 4.78 is 0.945. The van der Waals surface area contributed by atoms with Crippen LogP contribution in [0.4, 0.5) is 11.5 Å². The zero-order chi connectivity index (χ0) is 16.7. The Labute approximate surface area is 145 Å². The van der Waals surface area contributed by atoms with Crippen molar-refractivity contribution in [2.45, 2.75) is 6.42 Å². The molecule has 6 heteroatoms. The lowest BCUT2D eigenvalue weighted by molar-refractivity contribution is 0.102. The molecule has 0 saturated heterocycles. The third-order valence-corrected chi connectivity index (χ3v) is 3.74. The summed E-state index contributed by atoms with van der Waals surface area (Å²) in [4.78, 5) is 18.6. The first-order valence-electron chi connectivity index (χ1n) is 7.46. The van der Waals surface area contributed by atoms with E-state index in [0.717, 1.165) is 29.8 Å². The highest BCUT2D eigenvalue weighted by molar-refractivity contribution is 9.10. The van der Waals surface area contributed by atoms with E-state index in [0.29, 0.717) is 11.3 Å². The molecule has 0 fully saturated rings. The minimum absolute atomic E-state index is 0.147. The largest absolute Gasteiger partial charge is 0.370 e. The first-order valence-corrected chi connectivity index (χ1v) is 8.25. The van der Waals surface area contributed by atoms with Crippen LogP contribution in [-0.2, 0) is 0 Å². The monoisotopic (exact) mass is 376 g/mol. The number of halogens is 1. The third-order valence-electron chi connectivity index (χ3n) is 3.22. The van der Waals surface area contributed by atoms with Crippen LogP contribution in [0.25, 0.3) is 0 Å². The van der Waals surface area contributed by atoms with Gasteiger partial charge in [-0.2, -0.15) is 0 Å². The summed E-state index contributed by atoms with van der Waals surface area (Å²) in [6, 6.07) is 10.9. The summed E-state index contributed by atoms with van der Waals surface area (Å²) in [6.45, 7) is 1.91. The van der Waals surface area contributed by atoms with Crippen molar-refractivity contribution < 1.29 is 4.79 Å². The fourth-order valence-electron chi connectivity index (χ4n) is 1.99. The van der Waals surface area contributed by atoms with Gasteiger partial charge in [0, 0.05) is 16.6 Å². The number of carbonyl (C=O) groups is 1. The smallest absolute Gasteiger partial charge is 0.255 e. The van der Waals surface area contributed by atoms with Crippen LogP contribution >= 0.6 is 15.9 Å². The lowest BCUT2D eigenvalue weighted by atomic mass is 10.2. The van der Waals surface area contributed by atoms with Crippen molar-refractivity contribution in [3.63, 3.8) is 0 Å². The Bertz CT molecular complexity index is 626. The van der Waals surface area contributed by atoms with E-state index in [2.05, 4.69) is 50.5 Å². The van der Waals surface area contributed by atoms with Crippen molar-refractivity contribution in [2.24, 2.45) is 0 Å². The number of anilines is 2. The molecule has 0 aliphatic carbocycles. The maximum Gasteiger partial charge on any atom is 0.255 e. The second-order valence-electron chi connectivity index (χ2n) is 5.48. The van der Waals surface area contributed by atoms with Crippen LogP contribution in [0.2, 0.25) is 0 Å². The average molecular weight is 377 g/mol. The molecule has 1 amide bonds. The number of pyridine rings is 1. The lowest BCUT2D eigenvalue weighted by Crippen LogP contribution is -2.16. The summed E-state index contributed by atoms with van der Waals surface area (Å²) in [7, 11) is 4.11. The molecule has 1 aromatic carbocycles. The van der Waals surface area contributed by atoms with E-state index in [4.69, 9.17) is 0 Å². The number of amides is 1. The van der Waals surface area contributed by atoms with Gasteiger partial charge in [0.15, 0.2) is 0 Å². The van der Waals surface area contributed by atoms with Crippen LogP contribution in [0, 0.1) is 0 Å². The van der Waals surface area contributed by atoms with Gasteiger partial charge in [-0.3, -0.25) is 4.79 Å². The van der Waals surface area contributed by atoms with Crippen molar-refractivity contribution >= 4 is 33.3 Å². The van der Waals surface area contributed by atoms with E-state index in [1.807, 2.05) is 24.3 Å². The lowest BCUT2D eigenvalue weighted by Gasteiger charge is -2.10. The standard InChI is InChI=1S/C17H21BrN4O/c1-22(2)11-3-10-19-16-9-8-15(12-20-16)21-17(23)13-4-6-14(18)7-5-13/h4-9,12H,3,10-11H2,1-2H3,(H,19,20)(H,21,23). The molecule has 2 aromatic rings. The Kier molecular flexibility index (Phi) is 6.55. The predicted molar refractivity (Wildman–Crippen MR) is 98.0 cm³/mol. The van der Waals surface area contributed by atoms with E-state index in [1.54, 1.807) is 18.3 Å². The summed E-state index contributed by atoms with van der Waals surface area (Å²) >= 11 is 3.35. The van der Waals surface area contributed by atoms with E-state index in [-0.39, 0.29) is 5.91 Å². The fourth-order valence-corrected chi connectivity index (χ4v) is 2.25. The molecule has 0 unspecified atom stereocenters. The van der Waals surface area contributed by atoms with Gasteiger partial charge in [0.1, 0.15) is 5.82 Å². The highest BCUT2D eigenvalue weighted by atomic mass is 79.9. The van der Waals surface area contributed by atoms with Crippen molar-refractivity contribution in [2.75, 3.05) is 37.8 Å². The molecule has 2 N–H and O–H groups in total. The van der Waals surface area contributed by atoms with Gasteiger partial charge in [-0.05, 0) is 63.5 Å². The maximum atomic E-state index is 12.1. The molecule has 0 atom stereocenters. The van der Waals surface area contributed by atoms with Crippen molar-refractivity contribution in [1.29, 1.82) is 0 Å². The Balaban J connectivity index is 1.84. The Morgan fingerprint density at radius 3 is 2.52 bits per heavy atom. The SMILES string of the molecule is CN(C)CCCNc1ccc(NC(=O)c2ccc(Br)cc2)cn1. The topological polar surface area (TPSA) is 57.3 Å². The molecule has 23 heavy (non-hydrogen) atoms. The number of hydrogen-bond donors (Lipinski definition) is 2. The molecule has 0 spiro atoms. The minimum atomic E-state index is -0.147. The van der Waals surface area contributed by atoms with Crippen molar-refractivity contribution in [1.82, 2.24) is 9.88 Å². The predicted octanol–water partition coefficient (Wildman–Crippen LogP) is 3.46. The second kappa shape index (κ2) is 8.64. The van der Waals surface area contributed by atoms with Crippen LogP contribution in [0.3, 0.4) is 0 Å². The van der Waals surface area contributed by atoms with Crippen LogP contribution < -0.4 is 10.6 Å². The average Bonchev–Trinajstić information content (AvgIpc) is 2.53. The van der Waals surface area contributed by atoms with Gasteiger partial charge in [0.25, 0.3) is 5.91 Å². The van der Waals surface area contributed by atoms with Crippen molar-refractivity contribution in [3.05, 3.63) is 52.6 Å². The molecule has 0 aliphatic rings. The third kappa shape index (κ3) is 6.00. The number of carbonyl (C=O) groups excluding carboxylic acids is 1. The molecule has 1 aromatic heterocycles. The number of nitrogens with one attached hydrogen (secondary N) is 2. The van der Waals surface area contributed by atoms with Gasteiger partial charge in [-0.1, -0.05) is 15.9 Å². The fraction of sp³-hybridized carbons (Fsp3) is 0.294. The van der Waals surface area contributed by atoms with E-state index < -0.39 is 0 Å².